The van der Waals surface area contributed by atoms with Crippen molar-refractivity contribution < 1.29 is 4.42 Å². The fourth-order valence-corrected chi connectivity index (χ4v) is 2.37. The summed E-state index contributed by atoms with van der Waals surface area (Å²) in [6.07, 6.45) is 0.667. The number of halogens is 1. The van der Waals surface area contributed by atoms with Crippen molar-refractivity contribution in [1.29, 1.82) is 0 Å². The number of aryl methyl sites for hydroxylation is 1. The van der Waals surface area contributed by atoms with Gasteiger partial charge in [-0.25, -0.2) is 4.98 Å². The Labute approximate surface area is 122 Å². The van der Waals surface area contributed by atoms with Crippen molar-refractivity contribution in [2.24, 2.45) is 0 Å². The van der Waals surface area contributed by atoms with E-state index in [1.54, 1.807) is 0 Å². The van der Waals surface area contributed by atoms with E-state index in [0.29, 0.717) is 6.42 Å². The molecule has 0 radical (unpaired) electrons. The predicted molar refractivity (Wildman–Crippen MR) is 82.6 cm³/mol. The number of benzene rings is 2. The lowest BCUT2D eigenvalue weighted by molar-refractivity contribution is 0.542. The van der Waals surface area contributed by atoms with E-state index in [0.717, 1.165) is 38.8 Å². The van der Waals surface area contributed by atoms with Gasteiger partial charge in [0.25, 0.3) is 0 Å². The number of rotatable bonds is 3. The number of aromatic nitrogens is 1. The number of nitrogens with zero attached hydrogens (tertiary/aromatic N) is 1. The van der Waals surface area contributed by atoms with Crippen LogP contribution in [0, 0.1) is 6.92 Å². The van der Waals surface area contributed by atoms with E-state index in [4.69, 9.17) is 16.0 Å². The lowest BCUT2D eigenvalue weighted by Crippen LogP contribution is -1.88. The highest BCUT2D eigenvalue weighted by molar-refractivity contribution is 6.30. The highest BCUT2D eigenvalue weighted by atomic mass is 35.5. The maximum atomic E-state index is 5.89. The summed E-state index contributed by atoms with van der Waals surface area (Å²) in [6.45, 7) is 2.03. The molecule has 3 rings (SSSR count). The molecule has 3 nitrogen and oxygen atoms in total. The van der Waals surface area contributed by atoms with Gasteiger partial charge in [-0.3, -0.25) is 0 Å². The van der Waals surface area contributed by atoms with Crippen molar-refractivity contribution in [3.05, 3.63) is 58.4 Å². The molecule has 0 unspecified atom stereocenters. The zero-order chi connectivity index (χ0) is 14.1. The van der Waals surface area contributed by atoms with Crippen LogP contribution in [0.15, 0.2) is 40.8 Å². The first-order valence-electron chi connectivity index (χ1n) is 6.48. The monoisotopic (exact) mass is 286 g/mol. The van der Waals surface area contributed by atoms with Gasteiger partial charge >= 0.3 is 0 Å². The third-order valence-corrected chi connectivity index (χ3v) is 3.53. The Morgan fingerprint density at radius 1 is 1.20 bits per heavy atom. The summed E-state index contributed by atoms with van der Waals surface area (Å²) in [7, 11) is 1.90. The van der Waals surface area contributed by atoms with E-state index >= 15 is 0 Å². The summed E-state index contributed by atoms with van der Waals surface area (Å²) in [5, 5.41) is 3.87. The number of fused-ring (bicyclic) bond motifs is 1. The van der Waals surface area contributed by atoms with E-state index in [1.165, 1.54) is 0 Å². The molecule has 0 amide bonds. The van der Waals surface area contributed by atoms with Gasteiger partial charge in [0.1, 0.15) is 5.52 Å². The molecule has 1 aromatic heterocycles. The molecule has 0 saturated heterocycles. The van der Waals surface area contributed by atoms with Crippen LogP contribution in [0.5, 0.6) is 0 Å². The molecule has 2 aromatic carbocycles. The third kappa shape index (κ3) is 2.49. The van der Waals surface area contributed by atoms with Crippen LogP contribution < -0.4 is 5.32 Å². The van der Waals surface area contributed by atoms with Crippen LogP contribution >= 0.6 is 11.6 Å². The molecule has 0 aliphatic carbocycles. The Bertz CT molecular complexity index is 747. The van der Waals surface area contributed by atoms with Crippen molar-refractivity contribution in [1.82, 2.24) is 4.98 Å². The Morgan fingerprint density at radius 2 is 1.95 bits per heavy atom. The topological polar surface area (TPSA) is 38.1 Å². The second-order valence-corrected chi connectivity index (χ2v) is 5.24. The van der Waals surface area contributed by atoms with Gasteiger partial charge in [0.05, 0.1) is 0 Å². The highest BCUT2D eigenvalue weighted by Gasteiger charge is 2.10. The van der Waals surface area contributed by atoms with Crippen molar-refractivity contribution in [2.75, 3.05) is 12.4 Å². The van der Waals surface area contributed by atoms with Crippen LogP contribution in [0.25, 0.3) is 11.1 Å². The van der Waals surface area contributed by atoms with Gasteiger partial charge in [-0.15, -0.1) is 0 Å². The minimum Gasteiger partial charge on any atom is -0.440 e. The summed E-state index contributed by atoms with van der Waals surface area (Å²) >= 11 is 5.89. The van der Waals surface area contributed by atoms with Crippen LogP contribution in [-0.4, -0.2) is 12.0 Å². The summed E-state index contributed by atoms with van der Waals surface area (Å²) < 4.78 is 5.86. The molecule has 20 heavy (non-hydrogen) atoms. The van der Waals surface area contributed by atoms with E-state index in [-0.39, 0.29) is 0 Å². The molecule has 102 valence electrons. The third-order valence-electron chi connectivity index (χ3n) is 3.28. The number of anilines is 1. The van der Waals surface area contributed by atoms with Gasteiger partial charge in [0.2, 0.25) is 0 Å². The standard InChI is InChI=1S/C16H15ClN2O/c1-10-7-13(18-2)9-14-16(10)20-15(19-14)8-11-3-5-12(17)6-4-11/h3-7,9,18H,8H2,1-2H3. The number of nitrogens with one attached hydrogen (secondary N) is 1. The smallest absolute Gasteiger partial charge is 0.199 e. The van der Waals surface area contributed by atoms with E-state index in [2.05, 4.69) is 16.4 Å². The first-order valence-corrected chi connectivity index (χ1v) is 6.86. The fraction of sp³-hybridized carbons (Fsp3) is 0.188. The van der Waals surface area contributed by atoms with Crippen LogP contribution in [-0.2, 0) is 6.42 Å². The SMILES string of the molecule is CNc1cc(C)c2oc(Cc3ccc(Cl)cc3)nc2c1. The van der Waals surface area contributed by atoms with Crippen molar-refractivity contribution >= 4 is 28.4 Å². The molecule has 3 aromatic rings. The van der Waals surface area contributed by atoms with Crippen LogP contribution in [0.3, 0.4) is 0 Å². The van der Waals surface area contributed by atoms with Crippen molar-refractivity contribution in [3.8, 4) is 0 Å². The largest absolute Gasteiger partial charge is 0.440 e. The first kappa shape index (κ1) is 13.0. The van der Waals surface area contributed by atoms with Gasteiger partial charge in [0.15, 0.2) is 11.5 Å². The number of hydrogen-bond acceptors (Lipinski definition) is 3. The lowest BCUT2D eigenvalue weighted by Gasteiger charge is -2.00. The quantitative estimate of drug-likeness (QED) is 0.774. The normalized spacial score (nSPS) is 10.9. The maximum Gasteiger partial charge on any atom is 0.199 e. The van der Waals surface area contributed by atoms with Crippen molar-refractivity contribution in [2.45, 2.75) is 13.3 Å². The molecule has 0 aliphatic heterocycles. The maximum absolute atomic E-state index is 5.89. The minimum absolute atomic E-state index is 0.667. The Balaban J connectivity index is 1.96. The van der Waals surface area contributed by atoms with Crippen LogP contribution in [0.2, 0.25) is 5.02 Å². The molecular weight excluding hydrogens is 272 g/mol. The Hall–Kier alpha value is -2.00. The molecule has 0 saturated carbocycles. The molecular formula is C16H15ClN2O. The average Bonchev–Trinajstić information content (AvgIpc) is 2.84. The highest BCUT2D eigenvalue weighted by Crippen LogP contribution is 2.25. The molecule has 4 heteroatoms. The van der Waals surface area contributed by atoms with Gasteiger partial charge in [-0.1, -0.05) is 23.7 Å². The van der Waals surface area contributed by atoms with Gasteiger partial charge in [-0.05, 0) is 42.3 Å². The van der Waals surface area contributed by atoms with Gasteiger partial charge in [0, 0.05) is 24.2 Å². The molecule has 0 atom stereocenters. The van der Waals surface area contributed by atoms with Crippen LogP contribution in [0.1, 0.15) is 17.0 Å². The Morgan fingerprint density at radius 3 is 2.65 bits per heavy atom. The van der Waals surface area contributed by atoms with Crippen molar-refractivity contribution in [3.63, 3.8) is 0 Å². The summed E-state index contributed by atoms with van der Waals surface area (Å²) in [6, 6.07) is 11.8. The molecule has 0 bridgehead atoms. The van der Waals surface area contributed by atoms with Gasteiger partial charge in [-0.2, -0.15) is 0 Å². The van der Waals surface area contributed by atoms with Crippen LogP contribution in [0.4, 0.5) is 5.69 Å². The zero-order valence-electron chi connectivity index (χ0n) is 11.4. The fourth-order valence-electron chi connectivity index (χ4n) is 2.24. The summed E-state index contributed by atoms with van der Waals surface area (Å²) in [5.74, 6) is 0.721. The van der Waals surface area contributed by atoms with E-state index < -0.39 is 0 Å². The molecule has 1 N–H and O–H groups in total. The molecule has 0 spiro atoms. The van der Waals surface area contributed by atoms with Gasteiger partial charge < -0.3 is 9.73 Å². The average molecular weight is 287 g/mol. The second-order valence-electron chi connectivity index (χ2n) is 4.80. The second kappa shape index (κ2) is 5.17. The first-order chi connectivity index (χ1) is 9.65. The van der Waals surface area contributed by atoms with E-state index in [1.807, 2.05) is 44.3 Å². The molecule has 1 heterocycles. The zero-order valence-corrected chi connectivity index (χ0v) is 12.2. The lowest BCUT2D eigenvalue weighted by atomic mass is 10.1. The Kier molecular flexibility index (Phi) is 3.36. The molecule has 0 fully saturated rings. The predicted octanol–water partition coefficient (Wildman–Crippen LogP) is 4.42. The minimum atomic E-state index is 0.667. The summed E-state index contributed by atoms with van der Waals surface area (Å²) in [5.41, 5.74) is 5.00. The van der Waals surface area contributed by atoms with E-state index in [9.17, 15) is 0 Å². The number of hydrogen-bond donors (Lipinski definition) is 1. The number of oxazole rings is 1. The summed E-state index contributed by atoms with van der Waals surface area (Å²) in [4.78, 5) is 4.56. The molecule has 0 aliphatic rings.